The summed E-state index contributed by atoms with van der Waals surface area (Å²) in [5, 5.41) is 8.68. The Labute approximate surface area is 98.7 Å². The van der Waals surface area contributed by atoms with Crippen LogP contribution in [0.3, 0.4) is 0 Å². The third kappa shape index (κ3) is 2.60. The molecule has 86 valence electrons. The molecule has 3 N–H and O–H groups in total. The van der Waals surface area contributed by atoms with Crippen molar-refractivity contribution < 1.29 is 9.90 Å². The summed E-state index contributed by atoms with van der Waals surface area (Å²) in [6.07, 6.45) is 1.49. The molecule has 0 amide bonds. The van der Waals surface area contributed by atoms with Gasteiger partial charge in [-0.3, -0.25) is 9.78 Å². The molecule has 0 atom stereocenters. The van der Waals surface area contributed by atoms with E-state index in [1.54, 1.807) is 12.3 Å². The van der Waals surface area contributed by atoms with Crippen molar-refractivity contribution >= 4 is 11.7 Å². The van der Waals surface area contributed by atoms with Gasteiger partial charge in [0.1, 0.15) is 0 Å². The highest BCUT2D eigenvalue weighted by molar-refractivity contribution is 5.74. The van der Waals surface area contributed by atoms with Crippen LogP contribution in [-0.2, 0) is 11.2 Å². The van der Waals surface area contributed by atoms with E-state index in [1.807, 2.05) is 30.3 Å². The third-order valence-corrected chi connectivity index (χ3v) is 2.43. The summed E-state index contributed by atoms with van der Waals surface area (Å²) < 4.78 is 0. The van der Waals surface area contributed by atoms with Crippen LogP contribution in [0.5, 0.6) is 0 Å². The van der Waals surface area contributed by atoms with Crippen molar-refractivity contribution in [3.63, 3.8) is 0 Å². The van der Waals surface area contributed by atoms with Gasteiger partial charge in [-0.1, -0.05) is 30.3 Å². The zero-order valence-corrected chi connectivity index (χ0v) is 9.13. The Morgan fingerprint density at radius 1 is 1.24 bits per heavy atom. The molecular formula is C13H12N2O2. The van der Waals surface area contributed by atoms with E-state index in [9.17, 15) is 4.79 Å². The van der Waals surface area contributed by atoms with E-state index in [2.05, 4.69) is 4.98 Å². The maximum Gasteiger partial charge on any atom is 0.309 e. The number of nitrogen functional groups attached to an aromatic ring is 1. The summed E-state index contributed by atoms with van der Waals surface area (Å²) in [5.74, 6) is -0.934. The number of nitrogens with zero attached hydrogens (tertiary/aromatic N) is 1. The standard InChI is InChI=1S/C13H12N2O2/c14-11-6-10(9-4-2-1-3-5-9)8-15-12(11)7-13(16)17/h1-6,8H,7,14H2,(H,16,17). The van der Waals surface area contributed by atoms with E-state index in [4.69, 9.17) is 10.8 Å². The van der Waals surface area contributed by atoms with Crippen molar-refractivity contribution in [3.05, 3.63) is 48.3 Å². The van der Waals surface area contributed by atoms with Gasteiger partial charge in [0, 0.05) is 11.8 Å². The lowest BCUT2D eigenvalue weighted by molar-refractivity contribution is -0.136. The molecule has 0 bridgehead atoms. The fourth-order valence-electron chi connectivity index (χ4n) is 1.59. The molecule has 4 heteroatoms. The molecule has 17 heavy (non-hydrogen) atoms. The third-order valence-electron chi connectivity index (χ3n) is 2.43. The maximum absolute atomic E-state index is 10.6. The minimum absolute atomic E-state index is 0.152. The van der Waals surface area contributed by atoms with E-state index >= 15 is 0 Å². The van der Waals surface area contributed by atoms with E-state index < -0.39 is 5.97 Å². The average molecular weight is 228 g/mol. The van der Waals surface area contributed by atoms with Crippen LogP contribution in [0, 0.1) is 0 Å². The van der Waals surface area contributed by atoms with Gasteiger partial charge in [0.05, 0.1) is 17.8 Å². The van der Waals surface area contributed by atoms with Gasteiger partial charge >= 0.3 is 5.97 Å². The van der Waals surface area contributed by atoms with Gasteiger partial charge in [-0.25, -0.2) is 0 Å². The fraction of sp³-hybridized carbons (Fsp3) is 0.0769. The summed E-state index contributed by atoms with van der Waals surface area (Å²) in [4.78, 5) is 14.7. The first-order valence-electron chi connectivity index (χ1n) is 5.18. The molecule has 0 aliphatic heterocycles. The van der Waals surface area contributed by atoms with Crippen LogP contribution in [0.4, 0.5) is 5.69 Å². The number of aromatic nitrogens is 1. The number of hydrogen-bond acceptors (Lipinski definition) is 3. The van der Waals surface area contributed by atoms with Crippen LogP contribution >= 0.6 is 0 Å². The average Bonchev–Trinajstić information content (AvgIpc) is 2.32. The fourth-order valence-corrected chi connectivity index (χ4v) is 1.59. The minimum atomic E-state index is -0.934. The number of anilines is 1. The van der Waals surface area contributed by atoms with Crippen molar-refractivity contribution in [2.24, 2.45) is 0 Å². The minimum Gasteiger partial charge on any atom is -0.481 e. The van der Waals surface area contributed by atoms with Crippen molar-refractivity contribution in [2.75, 3.05) is 5.73 Å². The molecular weight excluding hydrogens is 216 g/mol. The van der Waals surface area contributed by atoms with E-state index in [0.717, 1.165) is 11.1 Å². The second-order valence-electron chi connectivity index (χ2n) is 3.70. The first kappa shape index (κ1) is 11.1. The molecule has 0 saturated carbocycles. The molecule has 0 aliphatic rings. The number of carboxylic acid groups (broad SMARTS) is 1. The van der Waals surface area contributed by atoms with Crippen molar-refractivity contribution in [3.8, 4) is 11.1 Å². The van der Waals surface area contributed by atoms with Crippen LogP contribution in [0.15, 0.2) is 42.6 Å². The van der Waals surface area contributed by atoms with Gasteiger partial charge in [0.15, 0.2) is 0 Å². The summed E-state index contributed by atoms with van der Waals surface area (Å²) >= 11 is 0. The molecule has 0 unspecified atom stereocenters. The molecule has 2 aromatic rings. The maximum atomic E-state index is 10.6. The molecule has 0 aliphatic carbocycles. The van der Waals surface area contributed by atoms with Crippen LogP contribution in [0.25, 0.3) is 11.1 Å². The number of carbonyl (C=O) groups is 1. The number of aliphatic carboxylic acids is 1. The Kier molecular flexibility index (Phi) is 3.05. The summed E-state index contributed by atoms with van der Waals surface area (Å²) in [6, 6.07) is 11.4. The smallest absolute Gasteiger partial charge is 0.309 e. The van der Waals surface area contributed by atoms with Crippen molar-refractivity contribution in [2.45, 2.75) is 6.42 Å². The summed E-state index contributed by atoms with van der Waals surface area (Å²) in [7, 11) is 0. The van der Waals surface area contributed by atoms with E-state index in [0.29, 0.717) is 11.4 Å². The first-order chi connectivity index (χ1) is 8.16. The van der Waals surface area contributed by atoms with Crippen LogP contribution in [-0.4, -0.2) is 16.1 Å². The highest BCUT2D eigenvalue weighted by Gasteiger charge is 2.07. The quantitative estimate of drug-likeness (QED) is 0.841. The highest BCUT2D eigenvalue weighted by Crippen LogP contribution is 2.22. The number of nitrogens with two attached hydrogens (primary N) is 1. The van der Waals surface area contributed by atoms with E-state index in [1.165, 1.54) is 0 Å². The van der Waals surface area contributed by atoms with Crippen molar-refractivity contribution in [1.82, 2.24) is 4.98 Å². The van der Waals surface area contributed by atoms with Gasteiger partial charge in [-0.2, -0.15) is 0 Å². The molecule has 0 spiro atoms. The molecule has 0 saturated heterocycles. The van der Waals surface area contributed by atoms with E-state index in [-0.39, 0.29) is 6.42 Å². The predicted molar refractivity (Wildman–Crippen MR) is 65.4 cm³/mol. The lowest BCUT2D eigenvalue weighted by atomic mass is 10.1. The number of hydrogen-bond donors (Lipinski definition) is 2. The predicted octanol–water partition coefficient (Wildman–Crippen LogP) is 1.96. The van der Waals surface area contributed by atoms with Crippen molar-refractivity contribution in [1.29, 1.82) is 0 Å². The SMILES string of the molecule is Nc1cc(-c2ccccc2)cnc1CC(=O)O. The Balaban J connectivity index is 2.34. The molecule has 1 heterocycles. The second-order valence-corrected chi connectivity index (χ2v) is 3.70. The van der Waals surface area contributed by atoms with Crippen LogP contribution in [0.2, 0.25) is 0 Å². The lowest BCUT2D eigenvalue weighted by Crippen LogP contribution is -2.06. The normalized spacial score (nSPS) is 10.1. The van der Waals surface area contributed by atoms with Gasteiger partial charge in [-0.15, -0.1) is 0 Å². The molecule has 1 aromatic carbocycles. The highest BCUT2D eigenvalue weighted by atomic mass is 16.4. The summed E-state index contributed by atoms with van der Waals surface area (Å²) in [5.41, 5.74) is 8.49. The largest absolute Gasteiger partial charge is 0.481 e. The molecule has 4 nitrogen and oxygen atoms in total. The van der Waals surface area contributed by atoms with Crippen LogP contribution in [0.1, 0.15) is 5.69 Å². The van der Waals surface area contributed by atoms with Gasteiger partial charge < -0.3 is 10.8 Å². The molecule has 1 aromatic heterocycles. The summed E-state index contributed by atoms with van der Waals surface area (Å²) in [6.45, 7) is 0. The molecule has 0 fully saturated rings. The van der Waals surface area contributed by atoms with Gasteiger partial charge in [0.2, 0.25) is 0 Å². The molecule has 0 radical (unpaired) electrons. The second kappa shape index (κ2) is 4.65. The topological polar surface area (TPSA) is 76.2 Å². The lowest BCUT2D eigenvalue weighted by Gasteiger charge is -2.05. The van der Waals surface area contributed by atoms with Gasteiger partial charge in [0.25, 0.3) is 0 Å². The zero-order valence-electron chi connectivity index (χ0n) is 9.13. The number of carboxylic acids is 1. The number of pyridine rings is 1. The molecule has 2 rings (SSSR count). The Bertz CT molecular complexity index is 538. The Morgan fingerprint density at radius 2 is 1.94 bits per heavy atom. The van der Waals surface area contributed by atoms with Gasteiger partial charge in [-0.05, 0) is 11.6 Å². The van der Waals surface area contributed by atoms with Crippen LogP contribution < -0.4 is 5.73 Å². The number of rotatable bonds is 3. The Morgan fingerprint density at radius 3 is 2.53 bits per heavy atom. The monoisotopic (exact) mass is 228 g/mol. The first-order valence-corrected chi connectivity index (χ1v) is 5.18. The Hall–Kier alpha value is -2.36. The number of benzene rings is 1. The zero-order chi connectivity index (χ0) is 12.3.